The van der Waals surface area contributed by atoms with Crippen LogP contribution < -0.4 is 5.43 Å². The Kier molecular flexibility index (Phi) is 2.44. The van der Waals surface area contributed by atoms with Crippen LogP contribution in [0.3, 0.4) is 0 Å². The van der Waals surface area contributed by atoms with Crippen molar-refractivity contribution >= 4 is 0 Å². The maximum absolute atomic E-state index is 10.9. The minimum Gasteiger partial charge on any atom is -0.395 e. The zero-order chi connectivity index (χ0) is 8.27. The molecule has 1 aromatic rings. The van der Waals surface area contributed by atoms with Gasteiger partial charge < -0.3 is 9.67 Å². The van der Waals surface area contributed by atoms with E-state index in [1.54, 1.807) is 23.9 Å². The number of aromatic nitrogens is 1. The summed E-state index contributed by atoms with van der Waals surface area (Å²) in [5.74, 6) is 0. The number of hydrogen-bond acceptors (Lipinski definition) is 2. The molecule has 0 aliphatic heterocycles. The molecule has 3 heteroatoms. The first-order valence-electron chi connectivity index (χ1n) is 3.51. The van der Waals surface area contributed by atoms with Gasteiger partial charge in [0.25, 0.3) is 0 Å². The molecular formula is C8H11NO2. The van der Waals surface area contributed by atoms with Gasteiger partial charge in [-0.25, -0.2) is 0 Å². The van der Waals surface area contributed by atoms with Crippen LogP contribution in [-0.4, -0.2) is 16.3 Å². The van der Waals surface area contributed by atoms with Crippen molar-refractivity contribution in [3.05, 3.63) is 34.2 Å². The predicted octanol–water partition coefficient (Wildman–Crippen LogP) is 0.149. The first-order chi connectivity index (χ1) is 5.24. The first kappa shape index (κ1) is 8.01. The number of aliphatic hydroxyl groups excluding tert-OH is 1. The number of aryl methyl sites for hydroxylation is 1. The summed E-state index contributed by atoms with van der Waals surface area (Å²) < 4.78 is 1.79. The third-order valence-corrected chi connectivity index (χ3v) is 1.52. The quantitative estimate of drug-likeness (QED) is 0.657. The molecule has 1 aromatic heterocycles. The summed E-state index contributed by atoms with van der Waals surface area (Å²) in [6.45, 7) is 2.40. The van der Waals surface area contributed by atoms with Gasteiger partial charge in [0.05, 0.1) is 6.61 Å². The largest absolute Gasteiger partial charge is 0.395 e. The van der Waals surface area contributed by atoms with Gasteiger partial charge in [-0.15, -0.1) is 0 Å². The summed E-state index contributed by atoms with van der Waals surface area (Å²) in [5, 5.41) is 8.58. The molecule has 0 unspecified atom stereocenters. The molecule has 0 saturated carbocycles. The van der Waals surface area contributed by atoms with Crippen molar-refractivity contribution in [1.82, 2.24) is 4.57 Å². The van der Waals surface area contributed by atoms with E-state index in [4.69, 9.17) is 5.11 Å². The molecule has 11 heavy (non-hydrogen) atoms. The Labute approximate surface area is 64.9 Å². The van der Waals surface area contributed by atoms with Crippen LogP contribution in [0.2, 0.25) is 0 Å². The van der Waals surface area contributed by atoms with E-state index in [-0.39, 0.29) is 12.0 Å². The van der Waals surface area contributed by atoms with Crippen molar-refractivity contribution < 1.29 is 5.11 Å². The number of rotatable bonds is 2. The van der Waals surface area contributed by atoms with Crippen molar-refractivity contribution in [1.29, 1.82) is 0 Å². The van der Waals surface area contributed by atoms with Crippen LogP contribution in [0.1, 0.15) is 5.56 Å². The van der Waals surface area contributed by atoms with E-state index in [2.05, 4.69) is 0 Å². The van der Waals surface area contributed by atoms with Crippen LogP contribution in [0, 0.1) is 6.92 Å². The molecule has 0 aliphatic rings. The Morgan fingerprint density at radius 3 is 2.91 bits per heavy atom. The lowest BCUT2D eigenvalue weighted by molar-refractivity contribution is 0.275. The van der Waals surface area contributed by atoms with Gasteiger partial charge in [-0.2, -0.15) is 0 Å². The Balaban J connectivity index is 2.96. The summed E-state index contributed by atoms with van der Waals surface area (Å²) in [4.78, 5) is 10.9. The molecule has 0 saturated heterocycles. The Bertz CT molecular complexity index is 290. The molecule has 1 N–H and O–H groups in total. The van der Waals surface area contributed by atoms with Crippen LogP contribution in [0.15, 0.2) is 23.3 Å². The van der Waals surface area contributed by atoms with E-state index in [0.29, 0.717) is 12.1 Å². The molecule has 0 aromatic carbocycles. The van der Waals surface area contributed by atoms with Crippen LogP contribution in [0.5, 0.6) is 0 Å². The second-order valence-corrected chi connectivity index (χ2v) is 2.45. The van der Waals surface area contributed by atoms with E-state index in [1.807, 2.05) is 0 Å². The zero-order valence-electron chi connectivity index (χ0n) is 6.45. The molecule has 60 valence electrons. The highest BCUT2D eigenvalue weighted by atomic mass is 16.3. The monoisotopic (exact) mass is 153 g/mol. The highest BCUT2D eigenvalue weighted by Crippen LogP contribution is 1.89. The molecule has 0 amide bonds. The van der Waals surface area contributed by atoms with Gasteiger partial charge in [-0.3, -0.25) is 4.79 Å². The lowest BCUT2D eigenvalue weighted by Gasteiger charge is -2.02. The smallest absolute Gasteiger partial charge is 0.184 e. The lowest BCUT2D eigenvalue weighted by atomic mass is 10.3. The summed E-state index contributed by atoms with van der Waals surface area (Å²) >= 11 is 0. The predicted molar refractivity (Wildman–Crippen MR) is 42.5 cm³/mol. The van der Waals surface area contributed by atoms with Gasteiger partial charge in [0.15, 0.2) is 5.43 Å². The van der Waals surface area contributed by atoms with E-state index >= 15 is 0 Å². The SMILES string of the molecule is Cc1cn(CCO)ccc1=O. The molecule has 0 aliphatic carbocycles. The number of pyridine rings is 1. The van der Waals surface area contributed by atoms with Gasteiger partial charge in [-0.05, 0) is 6.92 Å². The number of aliphatic hydroxyl groups is 1. The van der Waals surface area contributed by atoms with E-state index in [9.17, 15) is 4.79 Å². The summed E-state index contributed by atoms with van der Waals surface area (Å²) in [6.07, 6.45) is 3.41. The zero-order valence-corrected chi connectivity index (χ0v) is 6.45. The number of nitrogens with zero attached hydrogens (tertiary/aromatic N) is 1. The van der Waals surface area contributed by atoms with Crippen LogP contribution in [0.4, 0.5) is 0 Å². The fourth-order valence-corrected chi connectivity index (χ4v) is 0.905. The molecular weight excluding hydrogens is 142 g/mol. The van der Waals surface area contributed by atoms with Crippen LogP contribution in [-0.2, 0) is 6.54 Å². The van der Waals surface area contributed by atoms with E-state index in [1.165, 1.54) is 6.07 Å². The van der Waals surface area contributed by atoms with Crippen molar-refractivity contribution in [3.8, 4) is 0 Å². The standard InChI is InChI=1S/C8H11NO2/c1-7-6-9(4-5-10)3-2-8(7)11/h2-3,6,10H,4-5H2,1H3. The summed E-state index contributed by atoms with van der Waals surface area (Å²) in [7, 11) is 0. The normalized spacial score (nSPS) is 10.0. The minimum absolute atomic E-state index is 0.0409. The molecule has 0 spiro atoms. The van der Waals surface area contributed by atoms with Gasteiger partial charge in [0, 0.05) is 30.6 Å². The molecule has 0 bridgehead atoms. The number of hydrogen-bond donors (Lipinski definition) is 1. The highest BCUT2D eigenvalue weighted by Gasteiger charge is 1.92. The van der Waals surface area contributed by atoms with Crippen molar-refractivity contribution in [3.63, 3.8) is 0 Å². The average Bonchev–Trinajstić information content (AvgIpc) is 1.98. The second-order valence-electron chi connectivity index (χ2n) is 2.45. The first-order valence-corrected chi connectivity index (χ1v) is 3.51. The Morgan fingerprint density at radius 2 is 2.36 bits per heavy atom. The van der Waals surface area contributed by atoms with Crippen molar-refractivity contribution in [2.45, 2.75) is 13.5 Å². The van der Waals surface area contributed by atoms with Crippen LogP contribution in [0.25, 0.3) is 0 Å². The minimum atomic E-state index is 0.0409. The maximum atomic E-state index is 10.9. The fourth-order valence-electron chi connectivity index (χ4n) is 0.905. The van der Waals surface area contributed by atoms with Gasteiger partial charge >= 0.3 is 0 Å². The van der Waals surface area contributed by atoms with Crippen molar-refractivity contribution in [2.75, 3.05) is 6.61 Å². The Hall–Kier alpha value is -1.09. The van der Waals surface area contributed by atoms with Crippen LogP contribution >= 0.6 is 0 Å². The molecule has 0 atom stereocenters. The topological polar surface area (TPSA) is 42.2 Å². The highest BCUT2D eigenvalue weighted by molar-refractivity contribution is 5.07. The van der Waals surface area contributed by atoms with Gasteiger partial charge in [0.2, 0.25) is 0 Å². The van der Waals surface area contributed by atoms with Gasteiger partial charge in [-0.1, -0.05) is 0 Å². The van der Waals surface area contributed by atoms with Gasteiger partial charge in [0.1, 0.15) is 0 Å². The molecule has 0 fully saturated rings. The third-order valence-electron chi connectivity index (χ3n) is 1.52. The fraction of sp³-hybridized carbons (Fsp3) is 0.375. The maximum Gasteiger partial charge on any atom is 0.184 e. The van der Waals surface area contributed by atoms with E-state index in [0.717, 1.165) is 0 Å². The summed E-state index contributed by atoms with van der Waals surface area (Å²) in [6, 6.07) is 1.50. The summed E-state index contributed by atoms with van der Waals surface area (Å²) in [5.41, 5.74) is 0.750. The molecule has 1 rings (SSSR count). The molecule has 1 heterocycles. The van der Waals surface area contributed by atoms with E-state index < -0.39 is 0 Å². The lowest BCUT2D eigenvalue weighted by Crippen LogP contribution is -2.10. The average molecular weight is 153 g/mol. The second kappa shape index (κ2) is 3.34. The molecule has 3 nitrogen and oxygen atoms in total. The Morgan fingerprint density at radius 1 is 1.64 bits per heavy atom. The third kappa shape index (κ3) is 1.91. The van der Waals surface area contributed by atoms with Crippen molar-refractivity contribution in [2.24, 2.45) is 0 Å². The molecule has 0 radical (unpaired) electrons.